The lowest BCUT2D eigenvalue weighted by atomic mass is 10.2. The van der Waals surface area contributed by atoms with Crippen molar-refractivity contribution >= 4 is 23.1 Å². The average Bonchev–Trinajstić information content (AvgIpc) is 2.50. The number of nitrogens with zero attached hydrogens (tertiary/aromatic N) is 3. The van der Waals surface area contributed by atoms with Gasteiger partial charge in [-0.15, -0.1) is 21.5 Å². The first-order chi connectivity index (χ1) is 7.25. The Balaban J connectivity index is 1.97. The van der Waals surface area contributed by atoms with Gasteiger partial charge in [0, 0.05) is 18.3 Å². The van der Waals surface area contributed by atoms with Crippen molar-refractivity contribution in [2.75, 3.05) is 18.1 Å². The van der Waals surface area contributed by atoms with Gasteiger partial charge in [-0.1, -0.05) is 0 Å². The predicted molar refractivity (Wildman–Crippen MR) is 66.5 cm³/mol. The summed E-state index contributed by atoms with van der Waals surface area (Å²) in [4.78, 5) is 2.53. The first-order valence-corrected chi connectivity index (χ1v) is 7.33. The Morgan fingerprint density at radius 3 is 3.00 bits per heavy atom. The molecule has 1 aliphatic rings. The Morgan fingerprint density at radius 2 is 2.27 bits per heavy atom. The van der Waals surface area contributed by atoms with Gasteiger partial charge in [0.1, 0.15) is 10.0 Å². The second kappa shape index (κ2) is 5.27. The fourth-order valence-corrected chi connectivity index (χ4v) is 3.56. The van der Waals surface area contributed by atoms with Gasteiger partial charge in [-0.2, -0.15) is 11.8 Å². The van der Waals surface area contributed by atoms with Gasteiger partial charge < -0.3 is 0 Å². The minimum Gasteiger partial charge on any atom is -0.293 e. The Kier molecular flexibility index (Phi) is 3.99. The van der Waals surface area contributed by atoms with Crippen molar-refractivity contribution in [3.05, 3.63) is 10.0 Å². The molecule has 0 spiro atoms. The highest BCUT2D eigenvalue weighted by molar-refractivity contribution is 7.99. The van der Waals surface area contributed by atoms with Crippen LogP contribution in [0.4, 0.5) is 0 Å². The molecule has 15 heavy (non-hydrogen) atoms. The molecule has 0 saturated carbocycles. The summed E-state index contributed by atoms with van der Waals surface area (Å²) in [7, 11) is 0. The first-order valence-electron chi connectivity index (χ1n) is 5.36. The zero-order chi connectivity index (χ0) is 10.7. The summed E-state index contributed by atoms with van der Waals surface area (Å²) in [6.07, 6.45) is 1.29. The monoisotopic (exact) mass is 243 g/mol. The van der Waals surface area contributed by atoms with E-state index in [1.165, 1.54) is 24.5 Å². The lowest BCUT2D eigenvalue weighted by Crippen LogP contribution is -2.33. The molecule has 1 aliphatic heterocycles. The largest absolute Gasteiger partial charge is 0.293 e. The highest BCUT2D eigenvalue weighted by atomic mass is 32.2. The molecule has 1 atom stereocenters. The van der Waals surface area contributed by atoms with Gasteiger partial charge in [0.05, 0.1) is 6.54 Å². The highest BCUT2D eigenvalue weighted by Crippen LogP contribution is 2.19. The van der Waals surface area contributed by atoms with Crippen molar-refractivity contribution in [3.8, 4) is 0 Å². The SMILES string of the molecule is Cc1nnc(CN2CCSCC[C@H]2C)s1. The van der Waals surface area contributed by atoms with Gasteiger partial charge in [0.2, 0.25) is 0 Å². The second-order valence-electron chi connectivity index (χ2n) is 3.94. The summed E-state index contributed by atoms with van der Waals surface area (Å²) in [5, 5.41) is 10.5. The van der Waals surface area contributed by atoms with Crippen molar-refractivity contribution in [3.63, 3.8) is 0 Å². The standard InChI is InChI=1S/C10H17N3S2/c1-8-3-5-14-6-4-13(8)7-10-12-11-9(2)15-10/h8H,3-7H2,1-2H3/t8-/m1/s1. The minimum absolute atomic E-state index is 0.684. The molecule has 0 bridgehead atoms. The molecule has 1 saturated heterocycles. The van der Waals surface area contributed by atoms with Gasteiger partial charge in [-0.3, -0.25) is 4.90 Å². The van der Waals surface area contributed by atoms with Crippen LogP contribution in [0.3, 0.4) is 0 Å². The molecule has 2 rings (SSSR count). The van der Waals surface area contributed by atoms with Crippen LogP contribution in [0.5, 0.6) is 0 Å². The Hall–Kier alpha value is -0.130. The fraction of sp³-hybridized carbons (Fsp3) is 0.800. The van der Waals surface area contributed by atoms with Crippen molar-refractivity contribution in [1.29, 1.82) is 0 Å². The van der Waals surface area contributed by atoms with Crippen LogP contribution in [0.25, 0.3) is 0 Å². The van der Waals surface area contributed by atoms with Gasteiger partial charge in [0.25, 0.3) is 0 Å². The predicted octanol–water partition coefficient (Wildman–Crippen LogP) is 2.17. The van der Waals surface area contributed by atoms with Crippen LogP contribution in [0.1, 0.15) is 23.4 Å². The third-order valence-electron chi connectivity index (χ3n) is 2.73. The maximum Gasteiger partial charge on any atom is 0.131 e. The van der Waals surface area contributed by atoms with Crippen LogP contribution in [-0.4, -0.2) is 39.2 Å². The molecular weight excluding hydrogens is 226 g/mol. The zero-order valence-corrected chi connectivity index (χ0v) is 10.9. The summed E-state index contributed by atoms with van der Waals surface area (Å²) in [6, 6.07) is 0.684. The lowest BCUT2D eigenvalue weighted by Gasteiger charge is -2.24. The third kappa shape index (κ3) is 3.16. The molecule has 0 aliphatic carbocycles. The molecule has 1 aromatic rings. The lowest BCUT2D eigenvalue weighted by molar-refractivity contribution is 0.212. The van der Waals surface area contributed by atoms with Crippen LogP contribution in [-0.2, 0) is 6.54 Å². The van der Waals surface area contributed by atoms with Crippen LogP contribution >= 0.6 is 23.1 Å². The molecule has 1 fully saturated rings. The van der Waals surface area contributed by atoms with Crippen molar-refractivity contribution in [1.82, 2.24) is 15.1 Å². The maximum absolute atomic E-state index is 4.19. The summed E-state index contributed by atoms with van der Waals surface area (Å²) < 4.78 is 0. The summed E-state index contributed by atoms with van der Waals surface area (Å²) in [5.74, 6) is 2.55. The Labute approximate surface area is 99.3 Å². The topological polar surface area (TPSA) is 29.0 Å². The minimum atomic E-state index is 0.684. The number of aromatic nitrogens is 2. The molecular formula is C10H17N3S2. The van der Waals surface area contributed by atoms with E-state index in [4.69, 9.17) is 0 Å². The van der Waals surface area contributed by atoms with Gasteiger partial charge in [-0.05, 0) is 26.0 Å². The van der Waals surface area contributed by atoms with E-state index in [2.05, 4.69) is 33.8 Å². The number of hydrogen-bond donors (Lipinski definition) is 0. The van der Waals surface area contributed by atoms with Gasteiger partial charge in [-0.25, -0.2) is 0 Å². The molecule has 1 aromatic heterocycles. The first kappa shape index (κ1) is 11.4. The molecule has 5 heteroatoms. The van der Waals surface area contributed by atoms with E-state index >= 15 is 0 Å². The molecule has 3 nitrogen and oxygen atoms in total. The van der Waals surface area contributed by atoms with E-state index in [0.29, 0.717) is 6.04 Å². The molecule has 0 radical (unpaired) electrons. The number of rotatable bonds is 2. The molecule has 2 heterocycles. The van der Waals surface area contributed by atoms with E-state index in [9.17, 15) is 0 Å². The summed E-state index contributed by atoms with van der Waals surface area (Å²) in [5.41, 5.74) is 0. The molecule has 0 amide bonds. The third-order valence-corrected chi connectivity index (χ3v) is 4.55. The number of aryl methyl sites for hydroxylation is 1. The van der Waals surface area contributed by atoms with Crippen LogP contribution in [0, 0.1) is 6.92 Å². The van der Waals surface area contributed by atoms with E-state index in [1.54, 1.807) is 11.3 Å². The van der Waals surface area contributed by atoms with Crippen LogP contribution < -0.4 is 0 Å². The number of thioether (sulfide) groups is 1. The second-order valence-corrected chi connectivity index (χ2v) is 6.43. The number of hydrogen-bond acceptors (Lipinski definition) is 5. The van der Waals surface area contributed by atoms with Crippen molar-refractivity contribution in [2.24, 2.45) is 0 Å². The summed E-state index contributed by atoms with van der Waals surface area (Å²) >= 11 is 3.78. The van der Waals surface area contributed by atoms with E-state index in [0.717, 1.165) is 16.6 Å². The van der Waals surface area contributed by atoms with Gasteiger partial charge >= 0.3 is 0 Å². The molecule has 84 valence electrons. The van der Waals surface area contributed by atoms with Crippen molar-refractivity contribution < 1.29 is 0 Å². The van der Waals surface area contributed by atoms with E-state index in [1.807, 2.05) is 6.92 Å². The van der Waals surface area contributed by atoms with Crippen LogP contribution in [0.15, 0.2) is 0 Å². The van der Waals surface area contributed by atoms with Crippen molar-refractivity contribution in [2.45, 2.75) is 32.9 Å². The van der Waals surface area contributed by atoms with Crippen LogP contribution in [0.2, 0.25) is 0 Å². The summed E-state index contributed by atoms with van der Waals surface area (Å²) in [6.45, 7) is 6.50. The molecule has 0 N–H and O–H groups in total. The smallest absolute Gasteiger partial charge is 0.131 e. The zero-order valence-electron chi connectivity index (χ0n) is 9.27. The van der Waals surface area contributed by atoms with E-state index in [-0.39, 0.29) is 0 Å². The van der Waals surface area contributed by atoms with E-state index < -0.39 is 0 Å². The normalized spacial score (nSPS) is 24.0. The average molecular weight is 243 g/mol. The quantitative estimate of drug-likeness (QED) is 0.796. The molecule has 0 unspecified atom stereocenters. The molecule has 0 aromatic carbocycles. The Bertz CT molecular complexity index is 313. The van der Waals surface area contributed by atoms with Gasteiger partial charge in [0.15, 0.2) is 0 Å². The highest BCUT2D eigenvalue weighted by Gasteiger charge is 2.18. The maximum atomic E-state index is 4.19. The Morgan fingerprint density at radius 1 is 1.40 bits per heavy atom. The fourth-order valence-electron chi connectivity index (χ4n) is 1.75.